The number of hydrogen-bond donors (Lipinski definition) is 0. The number of carbonyl (C=O) groups excluding carboxylic acids is 1. The first-order chi connectivity index (χ1) is 15.0. The molecule has 0 fully saturated rings. The van der Waals surface area contributed by atoms with Gasteiger partial charge in [-0.15, -0.1) is 0 Å². The van der Waals surface area contributed by atoms with Crippen molar-refractivity contribution in [1.29, 1.82) is 0 Å². The van der Waals surface area contributed by atoms with Crippen LogP contribution in [0, 0.1) is 13.8 Å². The van der Waals surface area contributed by atoms with Gasteiger partial charge in [0, 0.05) is 12.2 Å². The molecule has 0 N–H and O–H groups in total. The Balaban J connectivity index is 1.65. The molecule has 2 aromatic carbocycles. The standard InChI is InChI=1S/C25H24N4O2/c1-18-9-8-12-21(26-18)16-28(15-20-10-4-3-5-11-20)24(30)17-29-19(2)27-23-14-7-6-13-22(23)25(29)31/h3-14H,15-17H2,1-2H3. The third-order valence-electron chi connectivity index (χ3n) is 5.21. The maximum atomic E-state index is 13.4. The summed E-state index contributed by atoms with van der Waals surface area (Å²) in [4.78, 5) is 37.2. The molecule has 0 radical (unpaired) electrons. The normalized spacial score (nSPS) is 10.9. The molecule has 0 atom stereocenters. The Labute approximate surface area is 180 Å². The van der Waals surface area contributed by atoms with Gasteiger partial charge in [0.25, 0.3) is 5.56 Å². The summed E-state index contributed by atoms with van der Waals surface area (Å²) >= 11 is 0. The molecule has 0 spiro atoms. The predicted molar refractivity (Wildman–Crippen MR) is 120 cm³/mol. The summed E-state index contributed by atoms with van der Waals surface area (Å²) < 4.78 is 1.45. The van der Waals surface area contributed by atoms with E-state index in [0.29, 0.717) is 29.8 Å². The highest BCUT2D eigenvalue weighted by Gasteiger charge is 2.18. The lowest BCUT2D eigenvalue weighted by Crippen LogP contribution is -2.37. The number of amides is 1. The average Bonchev–Trinajstić information content (AvgIpc) is 2.77. The Hall–Kier alpha value is -3.80. The van der Waals surface area contributed by atoms with Crippen molar-refractivity contribution in [3.63, 3.8) is 0 Å². The summed E-state index contributed by atoms with van der Waals surface area (Å²) in [5.74, 6) is 0.361. The molecule has 6 heteroatoms. The smallest absolute Gasteiger partial charge is 0.261 e. The number of aryl methyl sites for hydroxylation is 2. The molecule has 0 aliphatic heterocycles. The number of fused-ring (bicyclic) bond motifs is 1. The van der Waals surface area contributed by atoms with E-state index in [2.05, 4.69) is 9.97 Å². The summed E-state index contributed by atoms with van der Waals surface area (Å²) in [6.07, 6.45) is 0. The van der Waals surface area contributed by atoms with Crippen LogP contribution < -0.4 is 5.56 Å². The zero-order valence-electron chi connectivity index (χ0n) is 17.7. The van der Waals surface area contributed by atoms with E-state index in [0.717, 1.165) is 17.0 Å². The second kappa shape index (κ2) is 8.92. The fourth-order valence-corrected chi connectivity index (χ4v) is 3.62. The highest BCUT2D eigenvalue weighted by atomic mass is 16.2. The second-order valence-corrected chi connectivity index (χ2v) is 7.57. The molecule has 156 valence electrons. The van der Waals surface area contributed by atoms with Crippen LogP contribution in [0.15, 0.2) is 77.6 Å². The minimum absolute atomic E-state index is 0.0683. The van der Waals surface area contributed by atoms with Gasteiger partial charge < -0.3 is 4.90 Å². The fourth-order valence-electron chi connectivity index (χ4n) is 3.62. The van der Waals surface area contributed by atoms with Crippen molar-refractivity contribution < 1.29 is 4.79 Å². The summed E-state index contributed by atoms with van der Waals surface area (Å²) in [6, 6.07) is 22.8. The van der Waals surface area contributed by atoms with Crippen molar-refractivity contribution in [2.24, 2.45) is 0 Å². The molecule has 6 nitrogen and oxygen atoms in total. The zero-order chi connectivity index (χ0) is 21.8. The van der Waals surface area contributed by atoms with Gasteiger partial charge in [-0.25, -0.2) is 4.98 Å². The van der Waals surface area contributed by atoms with Gasteiger partial charge in [-0.05, 0) is 43.7 Å². The zero-order valence-corrected chi connectivity index (χ0v) is 17.7. The van der Waals surface area contributed by atoms with Gasteiger partial charge in [-0.1, -0.05) is 48.5 Å². The third kappa shape index (κ3) is 4.69. The van der Waals surface area contributed by atoms with Crippen LogP contribution in [0.3, 0.4) is 0 Å². The van der Waals surface area contributed by atoms with Crippen LogP contribution in [0.25, 0.3) is 10.9 Å². The monoisotopic (exact) mass is 412 g/mol. The number of hydrogen-bond acceptors (Lipinski definition) is 4. The van der Waals surface area contributed by atoms with Crippen LogP contribution >= 0.6 is 0 Å². The van der Waals surface area contributed by atoms with Crippen LogP contribution in [-0.4, -0.2) is 25.3 Å². The highest BCUT2D eigenvalue weighted by molar-refractivity contribution is 5.79. The van der Waals surface area contributed by atoms with Crippen molar-refractivity contribution in [2.75, 3.05) is 0 Å². The molecule has 0 aliphatic carbocycles. The Morgan fingerprint density at radius 3 is 2.39 bits per heavy atom. The van der Waals surface area contributed by atoms with E-state index in [1.807, 2.05) is 61.5 Å². The lowest BCUT2D eigenvalue weighted by molar-refractivity contribution is -0.133. The SMILES string of the molecule is Cc1cccc(CN(Cc2ccccc2)C(=O)Cn2c(C)nc3ccccc3c2=O)n1. The van der Waals surface area contributed by atoms with Crippen LogP contribution in [0.5, 0.6) is 0 Å². The van der Waals surface area contributed by atoms with Gasteiger partial charge in [0.1, 0.15) is 12.4 Å². The molecular formula is C25H24N4O2. The number of para-hydroxylation sites is 1. The molecule has 0 aliphatic rings. The van der Waals surface area contributed by atoms with E-state index in [1.54, 1.807) is 30.0 Å². The van der Waals surface area contributed by atoms with E-state index >= 15 is 0 Å². The molecule has 0 unspecified atom stereocenters. The first kappa shape index (κ1) is 20.5. The van der Waals surface area contributed by atoms with Crippen LogP contribution in [0.2, 0.25) is 0 Å². The van der Waals surface area contributed by atoms with Gasteiger partial charge >= 0.3 is 0 Å². The number of benzene rings is 2. The quantitative estimate of drug-likeness (QED) is 0.485. The fraction of sp³-hybridized carbons (Fsp3) is 0.200. The highest BCUT2D eigenvalue weighted by Crippen LogP contribution is 2.12. The van der Waals surface area contributed by atoms with Crippen LogP contribution in [0.4, 0.5) is 0 Å². The second-order valence-electron chi connectivity index (χ2n) is 7.57. The molecule has 4 aromatic rings. The van der Waals surface area contributed by atoms with E-state index in [9.17, 15) is 9.59 Å². The first-order valence-electron chi connectivity index (χ1n) is 10.2. The van der Waals surface area contributed by atoms with Gasteiger partial charge in [-0.3, -0.25) is 19.1 Å². The van der Waals surface area contributed by atoms with Crippen molar-refractivity contribution in [3.05, 3.63) is 106 Å². The maximum Gasteiger partial charge on any atom is 0.261 e. The van der Waals surface area contributed by atoms with E-state index in [1.165, 1.54) is 4.57 Å². The average molecular weight is 412 g/mol. The van der Waals surface area contributed by atoms with Crippen molar-refractivity contribution >= 4 is 16.8 Å². The first-order valence-corrected chi connectivity index (χ1v) is 10.2. The number of nitrogens with zero attached hydrogens (tertiary/aromatic N) is 4. The number of rotatable bonds is 6. The molecule has 2 heterocycles. The lowest BCUT2D eigenvalue weighted by atomic mass is 10.2. The summed E-state index contributed by atoms with van der Waals surface area (Å²) in [6.45, 7) is 4.41. The molecule has 2 aromatic heterocycles. The Kier molecular flexibility index (Phi) is 5.89. The largest absolute Gasteiger partial charge is 0.331 e. The van der Waals surface area contributed by atoms with E-state index in [-0.39, 0.29) is 18.0 Å². The van der Waals surface area contributed by atoms with Gasteiger partial charge in [0.15, 0.2) is 0 Å². The Morgan fingerprint density at radius 2 is 1.61 bits per heavy atom. The predicted octanol–water partition coefficient (Wildman–Crippen LogP) is 3.64. The van der Waals surface area contributed by atoms with Crippen LogP contribution in [-0.2, 0) is 24.4 Å². The Bertz CT molecular complexity index is 1280. The van der Waals surface area contributed by atoms with E-state index < -0.39 is 0 Å². The number of pyridine rings is 1. The number of aromatic nitrogens is 3. The minimum atomic E-state index is -0.204. The van der Waals surface area contributed by atoms with Gasteiger partial charge in [0.05, 0.1) is 23.1 Å². The summed E-state index contributed by atoms with van der Waals surface area (Å²) in [7, 11) is 0. The molecular weight excluding hydrogens is 388 g/mol. The summed E-state index contributed by atoms with van der Waals surface area (Å²) in [5, 5.41) is 0.510. The number of carbonyl (C=O) groups is 1. The molecule has 0 saturated heterocycles. The lowest BCUT2D eigenvalue weighted by Gasteiger charge is -2.24. The maximum absolute atomic E-state index is 13.4. The molecule has 0 saturated carbocycles. The van der Waals surface area contributed by atoms with Gasteiger partial charge in [0.2, 0.25) is 5.91 Å². The third-order valence-corrected chi connectivity index (χ3v) is 5.21. The molecule has 4 rings (SSSR count). The van der Waals surface area contributed by atoms with Gasteiger partial charge in [-0.2, -0.15) is 0 Å². The molecule has 1 amide bonds. The minimum Gasteiger partial charge on any atom is -0.331 e. The van der Waals surface area contributed by atoms with Crippen molar-refractivity contribution in [1.82, 2.24) is 19.4 Å². The van der Waals surface area contributed by atoms with E-state index in [4.69, 9.17) is 0 Å². The topological polar surface area (TPSA) is 68.1 Å². The summed E-state index contributed by atoms with van der Waals surface area (Å²) in [5.41, 5.74) is 3.16. The van der Waals surface area contributed by atoms with Crippen molar-refractivity contribution in [2.45, 2.75) is 33.5 Å². The van der Waals surface area contributed by atoms with Crippen LogP contribution in [0.1, 0.15) is 22.8 Å². The van der Waals surface area contributed by atoms with Crippen molar-refractivity contribution in [3.8, 4) is 0 Å². The Morgan fingerprint density at radius 1 is 0.871 bits per heavy atom. The molecule has 0 bridgehead atoms. The molecule has 31 heavy (non-hydrogen) atoms.